The van der Waals surface area contributed by atoms with Crippen molar-refractivity contribution in [2.75, 3.05) is 7.11 Å². The van der Waals surface area contributed by atoms with Crippen molar-refractivity contribution in [1.29, 1.82) is 0 Å². The third-order valence-corrected chi connectivity index (χ3v) is 4.59. The molecule has 126 valence electrons. The standard InChI is InChI=1S/C19H23N3O2/c1-19(9-5-10-19)22-18(23)21-17(15-7-4-11-20-13-15)14-6-3-8-16(12-14)24-2/h3-4,6-8,11-13,17H,5,9-10H2,1-2H3,(H2,21,22,23). The smallest absolute Gasteiger partial charge is 0.315 e. The van der Waals surface area contributed by atoms with E-state index in [4.69, 9.17) is 4.74 Å². The zero-order valence-electron chi connectivity index (χ0n) is 14.1. The quantitative estimate of drug-likeness (QED) is 0.885. The van der Waals surface area contributed by atoms with Crippen molar-refractivity contribution in [3.05, 3.63) is 59.9 Å². The molecule has 0 radical (unpaired) electrons. The van der Waals surface area contributed by atoms with Crippen molar-refractivity contribution < 1.29 is 9.53 Å². The molecule has 2 N–H and O–H groups in total. The molecule has 5 nitrogen and oxygen atoms in total. The summed E-state index contributed by atoms with van der Waals surface area (Å²) in [4.78, 5) is 16.7. The third-order valence-electron chi connectivity index (χ3n) is 4.59. The number of carbonyl (C=O) groups is 1. The van der Waals surface area contributed by atoms with Crippen molar-refractivity contribution in [1.82, 2.24) is 15.6 Å². The molecule has 1 aliphatic rings. The first kappa shape index (κ1) is 16.3. The Bertz CT molecular complexity index is 699. The van der Waals surface area contributed by atoms with E-state index in [9.17, 15) is 4.79 Å². The highest BCUT2D eigenvalue weighted by atomic mass is 16.5. The predicted molar refractivity (Wildman–Crippen MR) is 93.0 cm³/mol. The number of urea groups is 1. The highest BCUT2D eigenvalue weighted by Crippen LogP contribution is 2.31. The first-order valence-electron chi connectivity index (χ1n) is 8.22. The van der Waals surface area contributed by atoms with Gasteiger partial charge in [0, 0.05) is 17.9 Å². The number of aromatic nitrogens is 1. The lowest BCUT2D eigenvalue weighted by Crippen LogP contribution is -2.54. The summed E-state index contributed by atoms with van der Waals surface area (Å²) in [6, 6.07) is 11.1. The maximum absolute atomic E-state index is 12.5. The van der Waals surface area contributed by atoms with Crippen molar-refractivity contribution >= 4 is 6.03 Å². The molecule has 1 aromatic heterocycles. The fourth-order valence-corrected chi connectivity index (χ4v) is 3.00. The van der Waals surface area contributed by atoms with Crippen molar-refractivity contribution in [2.45, 2.75) is 37.8 Å². The van der Waals surface area contributed by atoms with Gasteiger partial charge in [-0.25, -0.2) is 4.79 Å². The van der Waals surface area contributed by atoms with Gasteiger partial charge in [-0.1, -0.05) is 18.2 Å². The number of pyridine rings is 1. The molecule has 2 amide bonds. The summed E-state index contributed by atoms with van der Waals surface area (Å²) in [6.45, 7) is 2.08. The normalized spacial score (nSPS) is 16.6. The first-order chi connectivity index (χ1) is 11.6. The number of hydrogen-bond donors (Lipinski definition) is 2. The van der Waals surface area contributed by atoms with Crippen LogP contribution in [0.25, 0.3) is 0 Å². The fourth-order valence-electron chi connectivity index (χ4n) is 3.00. The van der Waals surface area contributed by atoms with Gasteiger partial charge in [0.15, 0.2) is 0 Å². The summed E-state index contributed by atoms with van der Waals surface area (Å²) in [7, 11) is 1.63. The molecule has 1 saturated carbocycles. The number of rotatable bonds is 5. The van der Waals surface area contributed by atoms with E-state index in [0.717, 1.165) is 29.7 Å². The van der Waals surface area contributed by atoms with Crippen LogP contribution in [-0.2, 0) is 0 Å². The largest absolute Gasteiger partial charge is 0.497 e. The molecule has 0 saturated heterocycles. The van der Waals surface area contributed by atoms with Crippen molar-refractivity contribution in [3.8, 4) is 5.75 Å². The minimum absolute atomic E-state index is 0.0854. The van der Waals surface area contributed by atoms with Gasteiger partial charge in [0.25, 0.3) is 0 Å². The second-order valence-electron chi connectivity index (χ2n) is 6.51. The Hall–Kier alpha value is -2.56. The van der Waals surface area contributed by atoms with Gasteiger partial charge in [-0.3, -0.25) is 4.98 Å². The average Bonchev–Trinajstić information content (AvgIpc) is 2.59. The van der Waals surface area contributed by atoms with E-state index in [-0.39, 0.29) is 17.6 Å². The molecule has 1 atom stereocenters. The number of methoxy groups -OCH3 is 1. The fraction of sp³-hybridized carbons (Fsp3) is 0.368. The number of carbonyl (C=O) groups excluding carboxylic acids is 1. The number of ether oxygens (including phenoxy) is 1. The Kier molecular flexibility index (Phi) is 4.69. The molecule has 1 aromatic carbocycles. The molecular formula is C19H23N3O2. The van der Waals surface area contributed by atoms with Crippen LogP contribution in [0.3, 0.4) is 0 Å². The van der Waals surface area contributed by atoms with Crippen LogP contribution in [-0.4, -0.2) is 23.7 Å². The molecule has 1 unspecified atom stereocenters. The Balaban J connectivity index is 1.83. The van der Waals surface area contributed by atoms with Crippen LogP contribution < -0.4 is 15.4 Å². The Morgan fingerprint density at radius 1 is 1.25 bits per heavy atom. The minimum atomic E-state index is -0.280. The SMILES string of the molecule is COc1cccc(C(NC(=O)NC2(C)CCC2)c2cccnc2)c1. The molecule has 0 bridgehead atoms. The molecule has 2 aromatic rings. The van der Waals surface area contributed by atoms with E-state index in [1.807, 2.05) is 36.4 Å². The van der Waals surface area contributed by atoms with Gasteiger partial charge in [-0.2, -0.15) is 0 Å². The summed E-state index contributed by atoms with van der Waals surface area (Å²) in [6.07, 6.45) is 6.71. The monoisotopic (exact) mass is 325 g/mol. The van der Waals surface area contributed by atoms with Crippen LogP contribution in [0.1, 0.15) is 43.4 Å². The van der Waals surface area contributed by atoms with E-state index in [1.165, 1.54) is 6.42 Å². The molecule has 0 spiro atoms. The van der Waals surface area contributed by atoms with Gasteiger partial charge in [0.1, 0.15) is 5.75 Å². The van der Waals surface area contributed by atoms with E-state index in [2.05, 4.69) is 22.5 Å². The molecule has 1 fully saturated rings. The Morgan fingerprint density at radius 3 is 2.67 bits per heavy atom. The van der Waals surface area contributed by atoms with Crippen LogP contribution in [0, 0.1) is 0 Å². The van der Waals surface area contributed by atoms with Crippen LogP contribution >= 0.6 is 0 Å². The summed E-state index contributed by atoms with van der Waals surface area (Å²) >= 11 is 0. The molecule has 1 heterocycles. The van der Waals surface area contributed by atoms with E-state index < -0.39 is 0 Å². The number of nitrogens with zero attached hydrogens (tertiary/aromatic N) is 1. The molecule has 3 rings (SSSR count). The van der Waals surface area contributed by atoms with Crippen LogP contribution in [0.4, 0.5) is 4.79 Å². The van der Waals surface area contributed by atoms with Gasteiger partial charge in [-0.05, 0) is 55.5 Å². The van der Waals surface area contributed by atoms with Crippen LogP contribution in [0.5, 0.6) is 5.75 Å². The highest BCUT2D eigenvalue weighted by molar-refractivity contribution is 5.76. The molecule has 24 heavy (non-hydrogen) atoms. The van der Waals surface area contributed by atoms with Crippen molar-refractivity contribution in [3.63, 3.8) is 0 Å². The molecule has 0 aliphatic heterocycles. The first-order valence-corrected chi connectivity index (χ1v) is 8.22. The van der Waals surface area contributed by atoms with Crippen molar-refractivity contribution in [2.24, 2.45) is 0 Å². The summed E-state index contributed by atoms with van der Waals surface area (Å²) in [5.74, 6) is 0.759. The maximum Gasteiger partial charge on any atom is 0.315 e. The highest BCUT2D eigenvalue weighted by Gasteiger charge is 2.33. The second kappa shape index (κ2) is 6.91. The predicted octanol–water partition coefficient (Wildman–Crippen LogP) is 3.42. The van der Waals surface area contributed by atoms with E-state index in [0.29, 0.717) is 0 Å². The van der Waals surface area contributed by atoms with Gasteiger partial charge < -0.3 is 15.4 Å². The second-order valence-corrected chi connectivity index (χ2v) is 6.51. The lowest BCUT2D eigenvalue weighted by atomic mass is 9.79. The van der Waals surface area contributed by atoms with Gasteiger partial charge in [-0.15, -0.1) is 0 Å². The van der Waals surface area contributed by atoms with E-state index in [1.54, 1.807) is 19.5 Å². The van der Waals surface area contributed by atoms with Gasteiger partial charge in [0.05, 0.1) is 13.2 Å². The summed E-state index contributed by atoms with van der Waals surface area (Å²) in [5.41, 5.74) is 1.80. The number of hydrogen-bond acceptors (Lipinski definition) is 3. The minimum Gasteiger partial charge on any atom is -0.497 e. The lowest BCUT2D eigenvalue weighted by Gasteiger charge is -2.39. The maximum atomic E-state index is 12.5. The van der Waals surface area contributed by atoms with Gasteiger partial charge in [0.2, 0.25) is 0 Å². The van der Waals surface area contributed by atoms with Crippen LogP contribution in [0.15, 0.2) is 48.8 Å². The molecule has 5 heteroatoms. The van der Waals surface area contributed by atoms with E-state index >= 15 is 0 Å². The zero-order chi connectivity index (χ0) is 17.0. The Morgan fingerprint density at radius 2 is 2.04 bits per heavy atom. The number of amides is 2. The van der Waals surface area contributed by atoms with Crippen LogP contribution in [0.2, 0.25) is 0 Å². The average molecular weight is 325 g/mol. The summed E-state index contributed by atoms with van der Waals surface area (Å²) < 4.78 is 5.31. The molecule has 1 aliphatic carbocycles. The number of nitrogens with one attached hydrogen (secondary N) is 2. The number of benzene rings is 1. The Labute approximate surface area is 142 Å². The molecular weight excluding hydrogens is 302 g/mol. The topological polar surface area (TPSA) is 63.2 Å². The summed E-state index contributed by atoms with van der Waals surface area (Å²) in [5, 5.41) is 6.17. The lowest BCUT2D eigenvalue weighted by molar-refractivity contribution is 0.190. The third kappa shape index (κ3) is 3.67. The zero-order valence-corrected chi connectivity index (χ0v) is 14.1. The van der Waals surface area contributed by atoms with Gasteiger partial charge >= 0.3 is 6.03 Å².